The van der Waals surface area contributed by atoms with Crippen molar-refractivity contribution in [3.8, 4) is 0 Å². The predicted molar refractivity (Wildman–Crippen MR) is 53.4 cm³/mol. The molecule has 0 aliphatic heterocycles. The van der Waals surface area contributed by atoms with Gasteiger partial charge in [0.15, 0.2) is 0 Å². The van der Waals surface area contributed by atoms with E-state index in [-0.39, 0.29) is 0 Å². The zero-order valence-corrected chi connectivity index (χ0v) is 8.97. The Morgan fingerprint density at radius 1 is 1.38 bits per heavy atom. The lowest BCUT2D eigenvalue weighted by Crippen LogP contribution is -2.31. The van der Waals surface area contributed by atoms with Gasteiger partial charge < -0.3 is 4.79 Å². The van der Waals surface area contributed by atoms with Crippen LogP contribution in [0.4, 0.5) is 0 Å². The highest BCUT2D eigenvalue weighted by Gasteiger charge is 2.52. The second kappa shape index (κ2) is 2.83. The fourth-order valence-corrected chi connectivity index (χ4v) is 3.71. The first-order chi connectivity index (χ1) is 6.01. The minimum Gasteiger partial charge on any atom is -0.300 e. The van der Waals surface area contributed by atoms with Gasteiger partial charge in [-0.3, -0.25) is 0 Å². The van der Waals surface area contributed by atoms with Crippen LogP contribution in [0.25, 0.3) is 0 Å². The molecule has 13 heavy (non-hydrogen) atoms. The SMILES string of the molecule is CC(=O)CC1C2CCC(C2)C1(C)C. The van der Waals surface area contributed by atoms with Crippen molar-refractivity contribution in [2.45, 2.75) is 46.5 Å². The van der Waals surface area contributed by atoms with Crippen LogP contribution in [0.1, 0.15) is 46.5 Å². The van der Waals surface area contributed by atoms with Crippen LogP contribution in [0.5, 0.6) is 0 Å². The molecule has 0 heterocycles. The van der Waals surface area contributed by atoms with Crippen LogP contribution in [0.3, 0.4) is 0 Å². The van der Waals surface area contributed by atoms with E-state index in [4.69, 9.17) is 0 Å². The first kappa shape index (κ1) is 9.23. The summed E-state index contributed by atoms with van der Waals surface area (Å²) in [5.41, 5.74) is 0.439. The van der Waals surface area contributed by atoms with Crippen molar-refractivity contribution in [1.82, 2.24) is 0 Å². The maximum Gasteiger partial charge on any atom is 0.130 e. The number of hydrogen-bond donors (Lipinski definition) is 0. The van der Waals surface area contributed by atoms with Crippen LogP contribution < -0.4 is 0 Å². The number of carbonyl (C=O) groups excluding carboxylic acids is 1. The van der Waals surface area contributed by atoms with Crippen LogP contribution in [0.2, 0.25) is 0 Å². The maximum absolute atomic E-state index is 11.2. The Labute approximate surface area is 80.9 Å². The zero-order chi connectivity index (χ0) is 9.64. The van der Waals surface area contributed by atoms with E-state index in [2.05, 4.69) is 13.8 Å². The summed E-state index contributed by atoms with van der Waals surface area (Å²) in [7, 11) is 0. The van der Waals surface area contributed by atoms with Crippen LogP contribution in [-0.2, 0) is 4.79 Å². The van der Waals surface area contributed by atoms with E-state index < -0.39 is 0 Å². The van der Waals surface area contributed by atoms with Crippen molar-refractivity contribution in [1.29, 1.82) is 0 Å². The summed E-state index contributed by atoms with van der Waals surface area (Å²) in [6, 6.07) is 0. The average Bonchev–Trinajstić information content (AvgIpc) is 2.53. The van der Waals surface area contributed by atoms with Gasteiger partial charge in [0.2, 0.25) is 0 Å². The molecule has 3 atom stereocenters. The molecular formula is C12H20O. The van der Waals surface area contributed by atoms with Gasteiger partial charge in [-0.15, -0.1) is 0 Å². The second-order valence-corrected chi connectivity index (χ2v) is 5.60. The van der Waals surface area contributed by atoms with Gasteiger partial charge >= 0.3 is 0 Å². The average molecular weight is 180 g/mol. The first-order valence-electron chi connectivity index (χ1n) is 5.51. The van der Waals surface area contributed by atoms with E-state index in [1.807, 2.05) is 0 Å². The Bertz CT molecular complexity index is 229. The third-order valence-electron chi connectivity index (χ3n) is 4.56. The normalized spacial score (nSPS) is 41.0. The highest BCUT2D eigenvalue weighted by Crippen LogP contribution is 2.60. The fourth-order valence-electron chi connectivity index (χ4n) is 3.71. The summed E-state index contributed by atoms with van der Waals surface area (Å²) in [6.45, 7) is 6.47. The van der Waals surface area contributed by atoms with Crippen LogP contribution in [0, 0.1) is 23.2 Å². The molecule has 0 aromatic rings. The molecule has 0 saturated heterocycles. The second-order valence-electron chi connectivity index (χ2n) is 5.60. The summed E-state index contributed by atoms with van der Waals surface area (Å²) < 4.78 is 0. The van der Waals surface area contributed by atoms with Gasteiger partial charge in [-0.25, -0.2) is 0 Å². The molecule has 3 unspecified atom stereocenters. The quantitative estimate of drug-likeness (QED) is 0.638. The van der Waals surface area contributed by atoms with Gasteiger partial charge in [0.1, 0.15) is 5.78 Å². The number of fused-ring (bicyclic) bond motifs is 2. The Morgan fingerprint density at radius 2 is 2.08 bits per heavy atom. The molecule has 2 saturated carbocycles. The van der Waals surface area contributed by atoms with E-state index in [0.29, 0.717) is 17.1 Å². The molecule has 1 heteroatoms. The van der Waals surface area contributed by atoms with Crippen molar-refractivity contribution in [3.05, 3.63) is 0 Å². The minimum atomic E-state index is 0.380. The van der Waals surface area contributed by atoms with E-state index in [9.17, 15) is 4.79 Å². The molecule has 0 aromatic heterocycles. The minimum absolute atomic E-state index is 0.380. The third kappa shape index (κ3) is 1.33. The monoisotopic (exact) mass is 180 g/mol. The molecule has 0 spiro atoms. The smallest absolute Gasteiger partial charge is 0.130 e. The Hall–Kier alpha value is -0.330. The van der Waals surface area contributed by atoms with E-state index in [1.165, 1.54) is 19.3 Å². The molecule has 0 amide bonds. The maximum atomic E-state index is 11.2. The molecule has 2 bridgehead atoms. The third-order valence-corrected chi connectivity index (χ3v) is 4.56. The van der Waals surface area contributed by atoms with Crippen molar-refractivity contribution >= 4 is 5.78 Å². The topological polar surface area (TPSA) is 17.1 Å². The first-order valence-corrected chi connectivity index (χ1v) is 5.51. The Balaban J connectivity index is 2.14. The lowest BCUT2D eigenvalue weighted by molar-refractivity contribution is -0.119. The molecule has 2 rings (SSSR count). The molecular weight excluding hydrogens is 160 g/mol. The molecule has 0 N–H and O–H groups in total. The van der Waals surface area contributed by atoms with Gasteiger partial charge in [0.25, 0.3) is 0 Å². The highest BCUT2D eigenvalue weighted by atomic mass is 16.1. The van der Waals surface area contributed by atoms with Gasteiger partial charge in [0, 0.05) is 6.42 Å². The zero-order valence-electron chi connectivity index (χ0n) is 8.97. The van der Waals surface area contributed by atoms with Crippen molar-refractivity contribution in [3.63, 3.8) is 0 Å². The molecule has 1 nitrogen and oxygen atoms in total. The fraction of sp³-hybridized carbons (Fsp3) is 0.917. The van der Waals surface area contributed by atoms with Crippen molar-refractivity contribution < 1.29 is 4.79 Å². The number of ketones is 1. The highest BCUT2D eigenvalue weighted by molar-refractivity contribution is 5.75. The van der Waals surface area contributed by atoms with E-state index in [0.717, 1.165) is 18.3 Å². The summed E-state index contributed by atoms with van der Waals surface area (Å²) in [5, 5.41) is 0. The van der Waals surface area contributed by atoms with E-state index >= 15 is 0 Å². The molecule has 0 aromatic carbocycles. The van der Waals surface area contributed by atoms with Gasteiger partial charge in [-0.1, -0.05) is 13.8 Å². The molecule has 74 valence electrons. The number of Topliss-reactive ketones (excluding diaryl/α,β-unsaturated/α-hetero) is 1. The number of rotatable bonds is 2. The van der Waals surface area contributed by atoms with Crippen LogP contribution in [-0.4, -0.2) is 5.78 Å². The van der Waals surface area contributed by atoms with Gasteiger partial charge in [0.05, 0.1) is 0 Å². The lowest BCUT2D eigenvalue weighted by atomic mass is 9.67. The largest absolute Gasteiger partial charge is 0.300 e. The molecule has 2 fully saturated rings. The standard InChI is InChI=1S/C12H20O/c1-8(13)6-11-9-4-5-10(7-9)12(11,2)3/h9-11H,4-7H2,1-3H3. The van der Waals surface area contributed by atoms with Crippen molar-refractivity contribution in [2.75, 3.05) is 0 Å². The molecule has 2 aliphatic carbocycles. The summed E-state index contributed by atoms with van der Waals surface area (Å²) in [4.78, 5) is 11.2. The number of hydrogen-bond acceptors (Lipinski definition) is 1. The predicted octanol–water partition coefficient (Wildman–Crippen LogP) is 3.04. The lowest BCUT2D eigenvalue weighted by Gasteiger charge is -2.37. The Kier molecular flexibility index (Phi) is 2.01. The molecule has 0 radical (unpaired) electrons. The summed E-state index contributed by atoms with van der Waals surface area (Å²) >= 11 is 0. The Morgan fingerprint density at radius 3 is 2.54 bits per heavy atom. The molecule has 2 aliphatic rings. The van der Waals surface area contributed by atoms with Crippen LogP contribution in [0.15, 0.2) is 0 Å². The van der Waals surface area contributed by atoms with Crippen molar-refractivity contribution in [2.24, 2.45) is 23.2 Å². The van der Waals surface area contributed by atoms with Gasteiger partial charge in [-0.05, 0) is 49.4 Å². The van der Waals surface area contributed by atoms with Crippen LogP contribution >= 0.6 is 0 Å². The number of carbonyl (C=O) groups is 1. The summed E-state index contributed by atoms with van der Waals surface area (Å²) in [5.74, 6) is 2.83. The summed E-state index contributed by atoms with van der Waals surface area (Å²) in [6.07, 6.45) is 5.01. The van der Waals surface area contributed by atoms with E-state index in [1.54, 1.807) is 6.92 Å². The van der Waals surface area contributed by atoms with Gasteiger partial charge in [-0.2, -0.15) is 0 Å².